The van der Waals surface area contributed by atoms with E-state index >= 15 is 0 Å². The van der Waals surface area contributed by atoms with Gasteiger partial charge in [-0.3, -0.25) is 4.57 Å². The lowest BCUT2D eigenvalue weighted by molar-refractivity contribution is -0.0367. The Morgan fingerprint density at radius 1 is 1.42 bits per heavy atom. The molecule has 3 rings (SSSR count). The third kappa shape index (κ3) is 3.35. The number of imidazole rings is 1. The van der Waals surface area contributed by atoms with Crippen molar-refractivity contribution in [3.05, 3.63) is 16.1 Å². The average Bonchev–Trinajstić information content (AvgIpc) is 2.96. The summed E-state index contributed by atoms with van der Waals surface area (Å²) < 4.78 is 8.29. The number of hydrogen-bond donors (Lipinski definition) is 3. The number of ether oxygens (including phenoxy) is 1. The van der Waals surface area contributed by atoms with Crippen LogP contribution in [0.5, 0.6) is 0 Å². The summed E-state index contributed by atoms with van der Waals surface area (Å²) in [7, 11) is 0. The molecule has 0 saturated carbocycles. The lowest BCUT2D eigenvalue weighted by atomic mass is 10.1. The van der Waals surface area contributed by atoms with Crippen molar-refractivity contribution in [2.45, 2.75) is 31.0 Å². The van der Waals surface area contributed by atoms with Gasteiger partial charge in [0.1, 0.15) is 17.7 Å². The van der Waals surface area contributed by atoms with Crippen molar-refractivity contribution in [1.82, 2.24) is 14.5 Å². The highest BCUT2D eigenvalue weighted by Gasteiger charge is 2.44. The maximum Gasteiger partial charge on any atom is 0.175 e. The standard InChI is InChI=1S/C15H22IN4O3P/c1-24(2,3)7-5-9-11(21)12(22)14(23-9)20-13-10(19-15(20)16)8(17)4-6-18-13/h4,6,9,11-12,14,21-22H,1,5,7H2,2-3H3,(H2,17,18)/t9?,11-,12-,14-/m1/s1. The summed E-state index contributed by atoms with van der Waals surface area (Å²) in [4.78, 5) is 8.73. The van der Waals surface area contributed by atoms with Gasteiger partial charge in [-0.15, -0.1) is 13.2 Å². The van der Waals surface area contributed by atoms with Crippen LogP contribution in [0.1, 0.15) is 12.6 Å². The normalized spacial score (nSPS) is 27.9. The molecule has 1 fully saturated rings. The second-order valence-electron chi connectivity index (χ2n) is 6.82. The Hall–Kier alpha value is -0.670. The number of fused-ring (bicyclic) bond motifs is 1. The van der Waals surface area contributed by atoms with Crippen molar-refractivity contribution in [2.75, 3.05) is 25.2 Å². The van der Waals surface area contributed by atoms with E-state index in [9.17, 15) is 10.2 Å². The molecular formula is C15H22IN4O3P. The Labute approximate surface area is 154 Å². The Morgan fingerprint density at radius 2 is 2.12 bits per heavy atom. The zero-order valence-electron chi connectivity index (χ0n) is 13.6. The van der Waals surface area contributed by atoms with Crippen LogP contribution in [-0.4, -0.2) is 68.9 Å². The molecule has 0 bridgehead atoms. The summed E-state index contributed by atoms with van der Waals surface area (Å²) in [6, 6.07) is 1.68. The van der Waals surface area contributed by atoms with Crippen LogP contribution in [-0.2, 0) is 4.74 Å². The molecule has 2 aromatic rings. The van der Waals surface area contributed by atoms with Crippen molar-refractivity contribution in [2.24, 2.45) is 0 Å². The third-order valence-electron chi connectivity index (χ3n) is 4.18. The van der Waals surface area contributed by atoms with Crippen molar-refractivity contribution in [1.29, 1.82) is 0 Å². The van der Waals surface area contributed by atoms with Gasteiger partial charge < -0.3 is 20.7 Å². The van der Waals surface area contributed by atoms with E-state index in [2.05, 4.69) is 52.2 Å². The van der Waals surface area contributed by atoms with Crippen LogP contribution in [0, 0.1) is 3.83 Å². The maximum absolute atomic E-state index is 10.5. The third-order valence-corrected chi connectivity index (χ3v) is 6.41. The van der Waals surface area contributed by atoms with Crippen LogP contribution in [0.15, 0.2) is 12.3 Å². The Bertz CT molecular complexity index is 805. The van der Waals surface area contributed by atoms with Crippen LogP contribution in [0.3, 0.4) is 0 Å². The molecule has 0 radical (unpaired) electrons. The molecule has 4 N–H and O–H groups in total. The molecule has 0 aromatic carbocycles. The molecule has 0 spiro atoms. The highest BCUT2D eigenvalue weighted by Crippen LogP contribution is 2.40. The fourth-order valence-corrected chi connectivity index (χ4v) is 4.56. The van der Waals surface area contributed by atoms with E-state index in [1.807, 2.05) is 0 Å². The van der Waals surface area contributed by atoms with Crippen molar-refractivity contribution in [3.63, 3.8) is 0 Å². The number of nitrogens with zero attached hydrogens (tertiary/aromatic N) is 3. The second-order valence-corrected chi connectivity index (χ2v) is 12.1. The molecule has 1 saturated heterocycles. The summed E-state index contributed by atoms with van der Waals surface area (Å²) in [6.45, 7) is 3.06. The molecule has 132 valence electrons. The number of halogens is 1. The smallest absolute Gasteiger partial charge is 0.175 e. The van der Waals surface area contributed by atoms with E-state index in [-0.39, 0.29) is 0 Å². The number of rotatable bonds is 4. The first-order valence-corrected chi connectivity index (χ1v) is 11.8. The monoisotopic (exact) mass is 464 g/mol. The minimum atomic E-state index is -1.22. The van der Waals surface area contributed by atoms with Crippen LogP contribution >= 0.6 is 29.5 Å². The van der Waals surface area contributed by atoms with E-state index in [1.54, 1.807) is 16.8 Å². The van der Waals surface area contributed by atoms with Crippen LogP contribution in [0.4, 0.5) is 5.69 Å². The molecular weight excluding hydrogens is 442 g/mol. The van der Waals surface area contributed by atoms with Gasteiger partial charge in [0, 0.05) is 28.8 Å². The van der Waals surface area contributed by atoms with Gasteiger partial charge in [0.25, 0.3) is 0 Å². The Balaban J connectivity index is 1.92. The number of aliphatic hydroxyl groups is 2. The lowest BCUT2D eigenvalue weighted by Gasteiger charge is -2.19. The fourth-order valence-electron chi connectivity index (χ4n) is 2.87. The molecule has 9 heteroatoms. The number of aromatic nitrogens is 3. The summed E-state index contributed by atoms with van der Waals surface area (Å²) >= 11 is 2.06. The SMILES string of the molecule is C=P(C)(C)CCC1O[C@@H](n2c(I)nc3c(N)ccnc32)[C@H](O)[C@@H]1O. The fraction of sp³-hybridized carbons (Fsp3) is 0.533. The van der Waals surface area contributed by atoms with Gasteiger partial charge in [0.05, 0.1) is 11.8 Å². The van der Waals surface area contributed by atoms with E-state index in [0.717, 1.165) is 6.16 Å². The number of aliphatic hydroxyl groups excluding tert-OH is 2. The van der Waals surface area contributed by atoms with Crippen molar-refractivity contribution in [3.8, 4) is 0 Å². The first-order chi connectivity index (χ1) is 11.2. The lowest BCUT2D eigenvalue weighted by Crippen LogP contribution is -2.32. The average molecular weight is 464 g/mol. The van der Waals surface area contributed by atoms with Gasteiger partial charge in [0.15, 0.2) is 15.7 Å². The molecule has 7 nitrogen and oxygen atoms in total. The molecule has 2 aromatic heterocycles. The number of hydrogen-bond acceptors (Lipinski definition) is 6. The summed E-state index contributed by atoms with van der Waals surface area (Å²) in [5, 5.41) is 20.9. The van der Waals surface area contributed by atoms with E-state index < -0.39 is 31.4 Å². The summed E-state index contributed by atoms with van der Waals surface area (Å²) in [5.41, 5.74) is 7.58. The van der Waals surface area contributed by atoms with Gasteiger partial charge in [0.2, 0.25) is 0 Å². The molecule has 1 aliphatic rings. The predicted octanol–water partition coefficient (Wildman–Crippen LogP) is 1.34. The molecule has 24 heavy (non-hydrogen) atoms. The molecule has 3 heterocycles. The molecule has 0 amide bonds. The largest absolute Gasteiger partial charge is 0.397 e. The zero-order chi connectivity index (χ0) is 17.6. The number of nitrogens with two attached hydrogens (primary N) is 1. The van der Waals surface area contributed by atoms with Gasteiger partial charge in [-0.1, -0.05) is 0 Å². The quantitative estimate of drug-likeness (QED) is 0.466. The van der Waals surface area contributed by atoms with Crippen LogP contribution < -0.4 is 5.73 Å². The van der Waals surface area contributed by atoms with Crippen LogP contribution in [0.25, 0.3) is 11.2 Å². The van der Waals surface area contributed by atoms with Gasteiger partial charge in [-0.05, 0) is 32.0 Å². The van der Waals surface area contributed by atoms with Gasteiger partial charge in [-0.25, -0.2) is 9.97 Å². The number of nitrogen functional groups attached to an aromatic ring is 1. The zero-order valence-corrected chi connectivity index (χ0v) is 16.7. The molecule has 1 unspecified atom stereocenters. The Morgan fingerprint density at radius 3 is 2.79 bits per heavy atom. The van der Waals surface area contributed by atoms with Crippen molar-refractivity contribution < 1.29 is 14.9 Å². The van der Waals surface area contributed by atoms with Crippen molar-refractivity contribution >= 4 is 52.6 Å². The van der Waals surface area contributed by atoms with E-state index in [4.69, 9.17) is 10.5 Å². The first-order valence-electron chi connectivity index (χ1n) is 7.66. The Kier molecular flexibility index (Phi) is 4.96. The summed E-state index contributed by atoms with van der Waals surface area (Å²) in [6.07, 6.45) is 4.17. The highest BCUT2D eigenvalue weighted by atomic mass is 127. The van der Waals surface area contributed by atoms with E-state index in [1.165, 1.54) is 0 Å². The minimum absolute atomic E-state index is 0.430. The second kappa shape index (κ2) is 6.57. The minimum Gasteiger partial charge on any atom is -0.397 e. The number of pyridine rings is 1. The van der Waals surface area contributed by atoms with E-state index in [0.29, 0.717) is 27.1 Å². The molecule has 4 atom stereocenters. The van der Waals surface area contributed by atoms with Gasteiger partial charge >= 0.3 is 0 Å². The molecule has 1 aliphatic heterocycles. The maximum atomic E-state index is 10.5. The molecule has 0 aliphatic carbocycles. The van der Waals surface area contributed by atoms with Crippen LogP contribution in [0.2, 0.25) is 0 Å². The number of anilines is 1. The highest BCUT2D eigenvalue weighted by molar-refractivity contribution is 14.1. The topological polar surface area (TPSA) is 106 Å². The first kappa shape index (κ1) is 18.1. The predicted molar refractivity (Wildman–Crippen MR) is 106 cm³/mol. The van der Waals surface area contributed by atoms with Gasteiger partial charge in [-0.2, -0.15) is 0 Å². The summed E-state index contributed by atoms with van der Waals surface area (Å²) in [5.74, 6) is 0.